The van der Waals surface area contributed by atoms with Gasteiger partial charge in [0.15, 0.2) is 0 Å². The quantitative estimate of drug-likeness (QED) is 0.451. The molecule has 0 fully saturated rings. The lowest BCUT2D eigenvalue weighted by atomic mass is 10.5. The Bertz CT molecular complexity index is 488. The van der Waals surface area contributed by atoms with Crippen molar-refractivity contribution in [2.45, 2.75) is 0 Å². The first-order chi connectivity index (χ1) is 7.25. The van der Waals surface area contributed by atoms with Gasteiger partial charge in [0.1, 0.15) is 0 Å². The number of rotatable bonds is 3. The van der Waals surface area contributed by atoms with E-state index < -0.39 is 4.92 Å². The summed E-state index contributed by atoms with van der Waals surface area (Å²) in [5.41, 5.74) is 0. The van der Waals surface area contributed by atoms with E-state index in [1.807, 2.05) is 0 Å². The summed E-state index contributed by atoms with van der Waals surface area (Å²) in [5, 5.41) is 18.3. The third-order valence-corrected chi connectivity index (χ3v) is 2.56. The molecule has 76 valence electrons. The molecule has 0 aliphatic rings. The van der Waals surface area contributed by atoms with E-state index in [2.05, 4.69) is 10.2 Å². The highest BCUT2D eigenvalue weighted by atomic mass is 32.1. The molecule has 0 saturated carbocycles. The smallest absolute Gasteiger partial charge is 0.258 e. The summed E-state index contributed by atoms with van der Waals surface area (Å²) < 4.78 is 0. The number of nitro groups is 1. The molecule has 2 rings (SSSR count). The molecule has 2 heterocycles. The summed E-state index contributed by atoms with van der Waals surface area (Å²) in [6, 6.07) is 4.85. The number of nitrogens with zero attached hydrogens (tertiary/aromatic N) is 4. The second-order valence-electron chi connectivity index (χ2n) is 2.60. The number of hydrogen-bond donors (Lipinski definition) is 0. The Balaban J connectivity index is 2.14. The Morgan fingerprint density at radius 3 is 3.07 bits per heavy atom. The molecule has 0 unspecified atom stereocenters. The molecule has 0 saturated heterocycles. The van der Waals surface area contributed by atoms with Crippen molar-refractivity contribution in [3.05, 3.63) is 45.6 Å². The van der Waals surface area contributed by atoms with E-state index in [0.29, 0.717) is 0 Å². The first kappa shape index (κ1) is 9.53. The van der Waals surface area contributed by atoms with E-state index >= 15 is 0 Å². The maximum absolute atomic E-state index is 10.4. The molecule has 0 bridgehead atoms. The van der Waals surface area contributed by atoms with Crippen LogP contribution >= 0.6 is 11.3 Å². The molecule has 0 spiro atoms. The van der Waals surface area contributed by atoms with Gasteiger partial charge in [-0.15, -0.1) is 0 Å². The van der Waals surface area contributed by atoms with Crippen molar-refractivity contribution >= 4 is 22.6 Å². The monoisotopic (exact) mass is 222 g/mol. The lowest BCUT2D eigenvalue weighted by Crippen LogP contribution is -1.88. The van der Waals surface area contributed by atoms with E-state index in [0.717, 1.165) is 16.2 Å². The molecular weight excluding hydrogens is 216 g/mol. The first-order valence-corrected chi connectivity index (χ1v) is 4.85. The van der Waals surface area contributed by atoms with Gasteiger partial charge in [0.05, 0.1) is 28.4 Å². The minimum Gasteiger partial charge on any atom is -0.258 e. The second kappa shape index (κ2) is 4.01. The van der Waals surface area contributed by atoms with Crippen molar-refractivity contribution in [3.63, 3.8) is 0 Å². The summed E-state index contributed by atoms with van der Waals surface area (Å²) in [5.74, 6) is 0. The van der Waals surface area contributed by atoms with Crippen molar-refractivity contribution in [2.75, 3.05) is 0 Å². The Morgan fingerprint density at radius 2 is 2.47 bits per heavy atom. The lowest BCUT2D eigenvalue weighted by Gasteiger charge is -1.86. The first-order valence-electron chi connectivity index (χ1n) is 4.04. The van der Waals surface area contributed by atoms with Gasteiger partial charge in [-0.1, -0.05) is 11.3 Å². The van der Waals surface area contributed by atoms with Crippen LogP contribution < -0.4 is 0 Å². The van der Waals surface area contributed by atoms with Crippen LogP contribution in [-0.2, 0) is 0 Å². The van der Waals surface area contributed by atoms with Crippen LogP contribution in [0.2, 0.25) is 0 Å². The largest absolute Gasteiger partial charge is 0.324 e. The van der Waals surface area contributed by atoms with Crippen LogP contribution in [-0.4, -0.2) is 21.0 Å². The molecule has 0 radical (unpaired) electrons. The zero-order valence-corrected chi connectivity index (χ0v) is 8.29. The standard InChI is InChI=1S/C8H6N4O2S/c13-12(14)8-3-2-7(15-8)6-10-11-5-1-4-9-11/h1-6H/b10-6+. The topological polar surface area (TPSA) is 73.3 Å². The Labute approximate surface area is 88.6 Å². The Hall–Kier alpha value is -2.02. The molecule has 7 heteroatoms. The van der Waals surface area contributed by atoms with Crippen LogP contribution in [0.5, 0.6) is 0 Å². The molecule has 0 aromatic carbocycles. The summed E-state index contributed by atoms with van der Waals surface area (Å²) in [6.07, 6.45) is 4.82. The second-order valence-corrected chi connectivity index (χ2v) is 3.70. The minimum absolute atomic E-state index is 0.108. The molecule has 15 heavy (non-hydrogen) atoms. The van der Waals surface area contributed by atoms with Gasteiger partial charge in [0, 0.05) is 6.07 Å². The fourth-order valence-corrected chi connectivity index (χ4v) is 1.64. The highest BCUT2D eigenvalue weighted by Gasteiger charge is 2.07. The molecule has 0 N–H and O–H groups in total. The van der Waals surface area contributed by atoms with Crippen LogP contribution in [0.25, 0.3) is 0 Å². The molecular formula is C8H6N4O2S. The predicted molar refractivity (Wildman–Crippen MR) is 56.2 cm³/mol. The van der Waals surface area contributed by atoms with Crippen molar-refractivity contribution in [2.24, 2.45) is 5.10 Å². The van der Waals surface area contributed by atoms with E-state index in [1.54, 1.807) is 24.5 Å². The molecule has 2 aromatic rings. The van der Waals surface area contributed by atoms with Crippen LogP contribution in [0.4, 0.5) is 5.00 Å². The highest BCUT2D eigenvalue weighted by Crippen LogP contribution is 2.22. The van der Waals surface area contributed by atoms with Crippen molar-refractivity contribution in [3.8, 4) is 0 Å². The van der Waals surface area contributed by atoms with Crippen LogP contribution in [0.1, 0.15) is 4.88 Å². The average Bonchev–Trinajstić information content (AvgIpc) is 2.86. The fraction of sp³-hybridized carbons (Fsp3) is 0. The fourth-order valence-electron chi connectivity index (χ4n) is 0.955. The summed E-state index contributed by atoms with van der Waals surface area (Å²) in [4.78, 5) is 12.1. The molecule has 0 aliphatic heterocycles. The van der Waals surface area contributed by atoms with Gasteiger partial charge < -0.3 is 0 Å². The van der Waals surface area contributed by atoms with E-state index in [4.69, 9.17) is 0 Å². The molecule has 0 amide bonds. The van der Waals surface area contributed by atoms with E-state index in [9.17, 15) is 10.1 Å². The number of thiophene rings is 1. The van der Waals surface area contributed by atoms with Gasteiger partial charge in [-0.2, -0.15) is 15.0 Å². The van der Waals surface area contributed by atoms with E-state index in [1.165, 1.54) is 17.1 Å². The van der Waals surface area contributed by atoms with E-state index in [-0.39, 0.29) is 5.00 Å². The van der Waals surface area contributed by atoms with Crippen molar-refractivity contribution in [1.29, 1.82) is 0 Å². The minimum atomic E-state index is -0.421. The summed E-state index contributed by atoms with van der Waals surface area (Å²) in [6.45, 7) is 0. The van der Waals surface area contributed by atoms with Gasteiger partial charge in [0.2, 0.25) is 0 Å². The summed E-state index contributed by atoms with van der Waals surface area (Å²) >= 11 is 1.07. The number of hydrogen-bond acceptors (Lipinski definition) is 5. The molecule has 0 atom stereocenters. The maximum Gasteiger partial charge on any atom is 0.324 e. The zero-order valence-electron chi connectivity index (χ0n) is 7.48. The van der Waals surface area contributed by atoms with Crippen molar-refractivity contribution in [1.82, 2.24) is 9.89 Å². The molecule has 2 aromatic heterocycles. The van der Waals surface area contributed by atoms with Crippen LogP contribution in [0.3, 0.4) is 0 Å². The molecule has 0 aliphatic carbocycles. The van der Waals surface area contributed by atoms with Gasteiger partial charge in [-0.3, -0.25) is 10.1 Å². The Morgan fingerprint density at radius 1 is 1.60 bits per heavy atom. The predicted octanol–water partition coefficient (Wildman–Crippen LogP) is 1.73. The van der Waals surface area contributed by atoms with Crippen molar-refractivity contribution < 1.29 is 4.92 Å². The van der Waals surface area contributed by atoms with Gasteiger partial charge in [0.25, 0.3) is 0 Å². The average molecular weight is 222 g/mol. The van der Waals surface area contributed by atoms with Gasteiger partial charge in [-0.25, -0.2) is 0 Å². The lowest BCUT2D eigenvalue weighted by molar-refractivity contribution is -0.380. The molecule has 6 nitrogen and oxygen atoms in total. The zero-order chi connectivity index (χ0) is 10.7. The number of aromatic nitrogens is 2. The maximum atomic E-state index is 10.4. The normalized spacial score (nSPS) is 10.9. The SMILES string of the molecule is O=[N+]([O-])c1ccc(/C=N/n2cccn2)s1. The highest BCUT2D eigenvalue weighted by molar-refractivity contribution is 7.16. The van der Waals surface area contributed by atoms with Gasteiger partial charge in [-0.05, 0) is 12.1 Å². The van der Waals surface area contributed by atoms with Gasteiger partial charge >= 0.3 is 5.00 Å². The Kier molecular flexibility index (Phi) is 2.55. The summed E-state index contributed by atoms with van der Waals surface area (Å²) in [7, 11) is 0. The van der Waals surface area contributed by atoms with Crippen LogP contribution in [0.15, 0.2) is 35.7 Å². The van der Waals surface area contributed by atoms with Crippen LogP contribution in [0, 0.1) is 10.1 Å². The third-order valence-electron chi connectivity index (χ3n) is 1.59. The third kappa shape index (κ3) is 2.26.